The molecule has 1 aliphatic rings. The molecule has 0 saturated carbocycles. The van der Waals surface area contributed by atoms with Crippen LogP contribution in [0.3, 0.4) is 0 Å². The Labute approximate surface area is 144 Å². The summed E-state index contributed by atoms with van der Waals surface area (Å²) in [5.74, 6) is 1.99. The molecule has 1 saturated heterocycles. The van der Waals surface area contributed by atoms with Crippen molar-refractivity contribution in [3.8, 4) is 0 Å². The van der Waals surface area contributed by atoms with Crippen LogP contribution in [0.4, 0.5) is 0 Å². The van der Waals surface area contributed by atoms with Gasteiger partial charge in [-0.15, -0.1) is 21.5 Å². The second kappa shape index (κ2) is 6.58. The molecule has 3 aromatic rings. The highest BCUT2D eigenvalue weighted by Crippen LogP contribution is 2.29. The van der Waals surface area contributed by atoms with Crippen molar-refractivity contribution in [1.82, 2.24) is 24.6 Å². The van der Waals surface area contributed by atoms with Gasteiger partial charge in [0.2, 0.25) is 0 Å². The Balaban J connectivity index is 1.52. The summed E-state index contributed by atoms with van der Waals surface area (Å²) in [4.78, 5) is 6.91. The fourth-order valence-corrected chi connectivity index (χ4v) is 4.39. The van der Waals surface area contributed by atoms with Crippen LogP contribution in [0.1, 0.15) is 36.0 Å². The zero-order chi connectivity index (χ0) is 16.5. The third kappa shape index (κ3) is 2.83. The van der Waals surface area contributed by atoms with E-state index in [-0.39, 0.29) is 6.61 Å². The van der Waals surface area contributed by atoms with Gasteiger partial charge in [-0.25, -0.2) is 4.98 Å². The van der Waals surface area contributed by atoms with E-state index in [0.717, 1.165) is 43.8 Å². The summed E-state index contributed by atoms with van der Waals surface area (Å²) in [6.07, 6.45) is 2.28. The van der Waals surface area contributed by atoms with E-state index in [1.54, 1.807) is 11.3 Å². The van der Waals surface area contributed by atoms with E-state index in [1.165, 1.54) is 10.3 Å². The first-order valence-electron chi connectivity index (χ1n) is 8.28. The molecular formula is C17H21N5OS. The van der Waals surface area contributed by atoms with Crippen molar-refractivity contribution in [3.05, 3.63) is 40.9 Å². The third-order valence-electron chi connectivity index (χ3n) is 4.84. The van der Waals surface area contributed by atoms with Gasteiger partial charge < -0.3 is 9.67 Å². The number of benzene rings is 1. The van der Waals surface area contributed by atoms with Gasteiger partial charge in [-0.05, 0) is 31.0 Å². The highest BCUT2D eigenvalue weighted by molar-refractivity contribution is 7.16. The summed E-state index contributed by atoms with van der Waals surface area (Å²) in [5, 5.41) is 17.7. The minimum absolute atomic E-state index is 0.0622. The van der Waals surface area contributed by atoms with Crippen LogP contribution in [0.2, 0.25) is 0 Å². The summed E-state index contributed by atoms with van der Waals surface area (Å²) in [6, 6.07) is 6.37. The van der Waals surface area contributed by atoms with Crippen LogP contribution in [0.15, 0.2) is 23.7 Å². The van der Waals surface area contributed by atoms with Crippen molar-refractivity contribution in [2.24, 2.45) is 7.05 Å². The second-order valence-electron chi connectivity index (χ2n) is 6.38. The monoisotopic (exact) mass is 343 g/mol. The van der Waals surface area contributed by atoms with E-state index in [2.05, 4.69) is 38.3 Å². The lowest BCUT2D eigenvalue weighted by Gasteiger charge is -2.32. The van der Waals surface area contributed by atoms with Gasteiger partial charge in [0.25, 0.3) is 0 Å². The zero-order valence-electron chi connectivity index (χ0n) is 13.7. The Morgan fingerprint density at radius 1 is 1.33 bits per heavy atom. The number of hydrogen-bond acceptors (Lipinski definition) is 6. The van der Waals surface area contributed by atoms with Crippen molar-refractivity contribution in [3.63, 3.8) is 0 Å². The number of rotatable bonds is 4. The molecule has 7 heteroatoms. The molecule has 0 aliphatic carbocycles. The molecule has 0 spiro atoms. The molecule has 1 aliphatic heterocycles. The summed E-state index contributed by atoms with van der Waals surface area (Å²) in [5.41, 5.74) is 4.36. The van der Waals surface area contributed by atoms with Gasteiger partial charge in [-0.2, -0.15) is 0 Å². The summed E-state index contributed by atoms with van der Waals surface area (Å²) < 4.78 is 3.23. The number of aromatic nitrogens is 4. The lowest BCUT2D eigenvalue weighted by atomic mass is 9.96. The predicted molar refractivity (Wildman–Crippen MR) is 93.8 cm³/mol. The highest BCUT2D eigenvalue weighted by atomic mass is 32.1. The Morgan fingerprint density at radius 3 is 3.08 bits per heavy atom. The number of aliphatic hydroxyl groups excluding tert-OH is 1. The van der Waals surface area contributed by atoms with Gasteiger partial charge in [-0.1, -0.05) is 12.1 Å². The van der Waals surface area contributed by atoms with E-state index in [1.807, 2.05) is 17.1 Å². The molecule has 1 atom stereocenters. The molecule has 0 amide bonds. The van der Waals surface area contributed by atoms with Gasteiger partial charge in [0, 0.05) is 26.1 Å². The second-order valence-corrected chi connectivity index (χ2v) is 7.24. The van der Waals surface area contributed by atoms with E-state index >= 15 is 0 Å². The van der Waals surface area contributed by atoms with E-state index < -0.39 is 0 Å². The van der Waals surface area contributed by atoms with Crippen LogP contribution in [0.5, 0.6) is 0 Å². The van der Waals surface area contributed by atoms with Gasteiger partial charge in [0.05, 0.1) is 15.7 Å². The predicted octanol–water partition coefficient (Wildman–Crippen LogP) is 2.30. The van der Waals surface area contributed by atoms with Crippen LogP contribution in [-0.2, 0) is 20.2 Å². The highest BCUT2D eigenvalue weighted by Gasteiger charge is 2.26. The third-order valence-corrected chi connectivity index (χ3v) is 5.76. The average molecular weight is 343 g/mol. The van der Waals surface area contributed by atoms with Crippen LogP contribution in [0, 0.1) is 0 Å². The number of thiazole rings is 1. The average Bonchev–Trinajstić information content (AvgIpc) is 3.22. The smallest absolute Gasteiger partial charge is 0.158 e. The Morgan fingerprint density at radius 2 is 2.25 bits per heavy atom. The van der Waals surface area contributed by atoms with E-state index in [4.69, 9.17) is 0 Å². The quantitative estimate of drug-likeness (QED) is 0.787. The van der Waals surface area contributed by atoms with Crippen LogP contribution >= 0.6 is 11.3 Å². The fourth-order valence-electron chi connectivity index (χ4n) is 3.59. The molecule has 4 rings (SSSR count). The molecule has 3 heterocycles. The molecule has 0 bridgehead atoms. The molecule has 0 radical (unpaired) electrons. The van der Waals surface area contributed by atoms with Gasteiger partial charge in [0.1, 0.15) is 12.4 Å². The Bertz CT molecular complexity index is 842. The number of likely N-dealkylation sites (tertiary alicyclic amines) is 1. The molecule has 2 aromatic heterocycles. The molecule has 6 nitrogen and oxygen atoms in total. The Hall–Kier alpha value is -1.83. The fraction of sp³-hybridized carbons (Fsp3) is 0.471. The SMILES string of the molecule is Cn1c(CO)nnc1C1CCCN(Cc2cccc3ncsc23)C1. The molecule has 1 aromatic carbocycles. The first-order valence-corrected chi connectivity index (χ1v) is 9.16. The van der Waals surface area contributed by atoms with Crippen molar-refractivity contribution >= 4 is 21.6 Å². The molecule has 1 fully saturated rings. The summed E-state index contributed by atoms with van der Waals surface area (Å²) in [7, 11) is 1.94. The van der Waals surface area contributed by atoms with Crippen molar-refractivity contribution in [2.45, 2.75) is 31.9 Å². The summed E-state index contributed by atoms with van der Waals surface area (Å²) in [6.45, 7) is 2.97. The van der Waals surface area contributed by atoms with Gasteiger partial charge in [0.15, 0.2) is 5.82 Å². The summed E-state index contributed by atoms with van der Waals surface area (Å²) >= 11 is 1.72. The maximum atomic E-state index is 9.32. The van der Waals surface area contributed by atoms with Crippen molar-refractivity contribution < 1.29 is 5.11 Å². The van der Waals surface area contributed by atoms with Crippen LogP contribution < -0.4 is 0 Å². The zero-order valence-corrected chi connectivity index (χ0v) is 14.5. The number of fused-ring (bicyclic) bond motifs is 1. The molecule has 24 heavy (non-hydrogen) atoms. The largest absolute Gasteiger partial charge is 0.388 e. The topological polar surface area (TPSA) is 67.1 Å². The van der Waals surface area contributed by atoms with Crippen molar-refractivity contribution in [2.75, 3.05) is 13.1 Å². The molecule has 126 valence electrons. The molecular weight excluding hydrogens is 322 g/mol. The number of hydrogen-bond donors (Lipinski definition) is 1. The first kappa shape index (κ1) is 15.7. The Kier molecular flexibility index (Phi) is 4.30. The minimum atomic E-state index is -0.0622. The normalized spacial score (nSPS) is 19.2. The first-order chi connectivity index (χ1) is 11.8. The van der Waals surface area contributed by atoms with Crippen LogP contribution in [-0.4, -0.2) is 42.8 Å². The van der Waals surface area contributed by atoms with Gasteiger partial charge >= 0.3 is 0 Å². The number of aliphatic hydroxyl groups is 1. The maximum absolute atomic E-state index is 9.32. The van der Waals surface area contributed by atoms with Gasteiger partial charge in [-0.3, -0.25) is 4.90 Å². The maximum Gasteiger partial charge on any atom is 0.158 e. The van der Waals surface area contributed by atoms with Crippen LogP contribution in [0.25, 0.3) is 10.2 Å². The number of piperidine rings is 1. The minimum Gasteiger partial charge on any atom is -0.388 e. The van der Waals surface area contributed by atoms with E-state index in [9.17, 15) is 5.11 Å². The van der Waals surface area contributed by atoms with E-state index in [0.29, 0.717) is 11.7 Å². The number of nitrogens with zero attached hydrogens (tertiary/aromatic N) is 5. The molecule has 1 N–H and O–H groups in total. The lowest BCUT2D eigenvalue weighted by Crippen LogP contribution is -2.34. The molecule has 1 unspecified atom stereocenters. The lowest BCUT2D eigenvalue weighted by molar-refractivity contribution is 0.195. The standard InChI is InChI=1S/C17H21N5OS/c1-21-15(10-23)19-20-17(21)13-5-3-7-22(9-13)8-12-4-2-6-14-16(12)24-11-18-14/h2,4,6,11,13,23H,3,5,7-10H2,1H3. The van der Waals surface area contributed by atoms with Crippen molar-refractivity contribution in [1.29, 1.82) is 0 Å².